The summed E-state index contributed by atoms with van der Waals surface area (Å²) in [6, 6.07) is 17.7. The standard InChI is InChI=1S/C26H25ClN2O5/c1-16(17-8-11-19(27)12-9-17)34-20(14-28)15-33-23-21-7-5-4-6-18(21)10-13-22(23)24(30)29-26(2,3)25(31)32/h4-14H,1,15,28H2,2-3H3,(H,29,30)(H,31,32)/b20-14-. The summed E-state index contributed by atoms with van der Waals surface area (Å²) < 4.78 is 11.8. The predicted molar refractivity (Wildman–Crippen MR) is 132 cm³/mol. The molecule has 4 N–H and O–H groups in total. The van der Waals surface area contributed by atoms with E-state index in [1.165, 1.54) is 20.0 Å². The van der Waals surface area contributed by atoms with Gasteiger partial charge >= 0.3 is 5.97 Å². The van der Waals surface area contributed by atoms with Crippen LogP contribution in [0.5, 0.6) is 5.75 Å². The molecule has 3 rings (SSSR count). The molecule has 0 aromatic heterocycles. The maximum absolute atomic E-state index is 13.0. The minimum Gasteiger partial charge on any atom is -0.484 e. The number of nitrogens with two attached hydrogens (primary N) is 1. The summed E-state index contributed by atoms with van der Waals surface area (Å²) >= 11 is 5.93. The summed E-state index contributed by atoms with van der Waals surface area (Å²) in [5.74, 6) is -0.859. The molecule has 8 heteroatoms. The third-order valence-electron chi connectivity index (χ3n) is 5.05. The highest BCUT2D eigenvalue weighted by Gasteiger charge is 2.30. The number of amides is 1. The van der Waals surface area contributed by atoms with Crippen LogP contribution in [0.15, 0.2) is 79.2 Å². The number of nitrogens with one attached hydrogen (secondary N) is 1. The topological polar surface area (TPSA) is 111 Å². The Morgan fingerprint density at radius 2 is 1.79 bits per heavy atom. The van der Waals surface area contributed by atoms with Gasteiger partial charge in [0.15, 0.2) is 5.76 Å². The number of benzene rings is 3. The van der Waals surface area contributed by atoms with Gasteiger partial charge in [0.25, 0.3) is 5.91 Å². The number of carboxylic acids is 1. The summed E-state index contributed by atoms with van der Waals surface area (Å²) in [5.41, 5.74) is 5.16. The molecule has 0 bridgehead atoms. The van der Waals surface area contributed by atoms with Crippen LogP contribution in [-0.4, -0.2) is 29.1 Å². The molecule has 3 aromatic carbocycles. The van der Waals surface area contributed by atoms with Gasteiger partial charge in [-0.25, -0.2) is 4.79 Å². The molecule has 0 atom stereocenters. The summed E-state index contributed by atoms with van der Waals surface area (Å²) in [6.07, 6.45) is 1.25. The number of hydrogen-bond donors (Lipinski definition) is 3. The van der Waals surface area contributed by atoms with E-state index in [9.17, 15) is 14.7 Å². The lowest BCUT2D eigenvalue weighted by Crippen LogP contribution is -2.49. The van der Waals surface area contributed by atoms with E-state index in [1.54, 1.807) is 36.4 Å². The molecule has 176 valence electrons. The highest BCUT2D eigenvalue weighted by atomic mass is 35.5. The van der Waals surface area contributed by atoms with E-state index in [0.29, 0.717) is 21.7 Å². The predicted octanol–water partition coefficient (Wildman–Crippen LogP) is 4.95. The Morgan fingerprint density at radius 3 is 2.44 bits per heavy atom. The molecule has 0 unspecified atom stereocenters. The lowest BCUT2D eigenvalue weighted by Gasteiger charge is -2.22. The second-order valence-electron chi connectivity index (χ2n) is 8.00. The van der Waals surface area contributed by atoms with Crippen LogP contribution in [0.25, 0.3) is 16.5 Å². The molecule has 1 amide bonds. The fourth-order valence-electron chi connectivity index (χ4n) is 3.09. The molecule has 0 aliphatic rings. The van der Waals surface area contributed by atoms with Gasteiger partial charge in [-0.2, -0.15) is 0 Å². The molecule has 0 fully saturated rings. The zero-order chi connectivity index (χ0) is 24.9. The van der Waals surface area contributed by atoms with Crippen molar-refractivity contribution in [2.24, 2.45) is 5.73 Å². The highest BCUT2D eigenvalue weighted by molar-refractivity contribution is 6.30. The van der Waals surface area contributed by atoms with Crippen LogP contribution in [0.1, 0.15) is 29.8 Å². The molecule has 0 saturated carbocycles. The van der Waals surface area contributed by atoms with E-state index < -0.39 is 17.4 Å². The number of halogens is 1. The van der Waals surface area contributed by atoms with E-state index in [-0.39, 0.29) is 23.7 Å². The Balaban J connectivity index is 1.86. The first-order chi connectivity index (χ1) is 16.1. The van der Waals surface area contributed by atoms with Gasteiger partial charge < -0.3 is 25.6 Å². The number of carbonyl (C=O) groups excluding carboxylic acids is 1. The number of aliphatic carboxylic acids is 1. The molecular weight excluding hydrogens is 456 g/mol. The van der Waals surface area contributed by atoms with E-state index in [4.69, 9.17) is 26.8 Å². The maximum Gasteiger partial charge on any atom is 0.328 e. The van der Waals surface area contributed by atoms with Gasteiger partial charge in [0.1, 0.15) is 23.7 Å². The Labute approximate surface area is 202 Å². The monoisotopic (exact) mass is 480 g/mol. The molecule has 0 aliphatic carbocycles. The Morgan fingerprint density at radius 1 is 1.12 bits per heavy atom. The van der Waals surface area contributed by atoms with E-state index in [0.717, 1.165) is 5.39 Å². The second kappa shape index (κ2) is 10.3. The summed E-state index contributed by atoms with van der Waals surface area (Å²) in [6.45, 7) is 6.62. The zero-order valence-corrected chi connectivity index (χ0v) is 19.6. The van der Waals surface area contributed by atoms with Crippen molar-refractivity contribution in [1.82, 2.24) is 5.32 Å². The minimum atomic E-state index is -1.47. The van der Waals surface area contributed by atoms with Crippen molar-refractivity contribution in [2.45, 2.75) is 19.4 Å². The fourth-order valence-corrected chi connectivity index (χ4v) is 3.22. The molecule has 0 saturated heterocycles. The summed E-state index contributed by atoms with van der Waals surface area (Å²) in [7, 11) is 0. The van der Waals surface area contributed by atoms with Crippen LogP contribution in [0.3, 0.4) is 0 Å². The molecule has 7 nitrogen and oxygen atoms in total. The van der Waals surface area contributed by atoms with Crippen molar-refractivity contribution in [1.29, 1.82) is 0 Å². The lowest BCUT2D eigenvalue weighted by molar-refractivity contribution is -0.143. The van der Waals surface area contributed by atoms with Gasteiger partial charge in [0.2, 0.25) is 0 Å². The first-order valence-electron chi connectivity index (χ1n) is 10.4. The van der Waals surface area contributed by atoms with Crippen molar-refractivity contribution in [3.8, 4) is 5.75 Å². The quantitative estimate of drug-likeness (QED) is 0.373. The van der Waals surface area contributed by atoms with Gasteiger partial charge in [0, 0.05) is 22.2 Å². The van der Waals surface area contributed by atoms with Crippen molar-refractivity contribution in [3.05, 3.63) is 95.4 Å². The first kappa shape index (κ1) is 24.7. The lowest BCUT2D eigenvalue weighted by atomic mass is 10.0. The third kappa shape index (κ3) is 5.68. The Kier molecular flexibility index (Phi) is 7.48. The third-order valence-corrected chi connectivity index (χ3v) is 5.30. The number of hydrogen-bond acceptors (Lipinski definition) is 5. The Bertz CT molecular complexity index is 1270. The van der Waals surface area contributed by atoms with Crippen LogP contribution in [0, 0.1) is 0 Å². The van der Waals surface area contributed by atoms with Gasteiger partial charge in [0.05, 0.1) is 5.56 Å². The molecule has 0 spiro atoms. The van der Waals surface area contributed by atoms with Crippen LogP contribution in [0.2, 0.25) is 5.02 Å². The molecule has 34 heavy (non-hydrogen) atoms. The average molecular weight is 481 g/mol. The molecule has 0 aliphatic heterocycles. The van der Waals surface area contributed by atoms with Crippen LogP contribution < -0.4 is 15.8 Å². The van der Waals surface area contributed by atoms with E-state index in [1.807, 2.05) is 24.3 Å². The van der Waals surface area contributed by atoms with Crippen LogP contribution >= 0.6 is 11.6 Å². The van der Waals surface area contributed by atoms with Crippen molar-refractivity contribution >= 4 is 40.0 Å². The fraction of sp³-hybridized carbons (Fsp3) is 0.154. The Hall–Kier alpha value is -3.97. The smallest absolute Gasteiger partial charge is 0.328 e. The second-order valence-corrected chi connectivity index (χ2v) is 8.44. The number of carbonyl (C=O) groups is 2. The van der Waals surface area contributed by atoms with Crippen molar-refractivity contribution in [3.63, 3.8) is 0 Å². The zero-order valence-electron chi connectivity index (χ0n) is 18.8. The molecule has 3 aromatic rings. The van der Waals surface area contributed by atoms with E-state index >= 15 is 0 Å². The van der Waals surface area contributed by atoms with Crippen LogP contribution in [-0.2, 0) is 9.53 Å². The number of rotatable bonds is 9. The van der Waals surface area contributed by atoms with Crippen LogP contribution in [0.4, 0.5) is 0 Å². The normalized spacial score (nSPS) is 11.7. The number of ether oxygens (including phenoxy) is 2. The maximum atomic E-state index is 13.0. The van der Waals surface area contributed by atoms with Gasteiger partial charge in [-0.05, 0) is 49.6 Å². The average Bonchev–Trinajstić information content (AvgIpc) is 2.81. The molecular formula is C26H25ClN2O5. The SMILES string of the molecule is C=C(O/C(=C\N)COc1c(C(=O)NC(C)(C)C(=O)O)ccc2ccccc12)c1ccc(Cl)cc1. The van der Waals surface area contributed by atoms with Gasteiger partial charge in [-0.1, -0.05) is 48.5 Å². The molecule has 0 heterocycles. The largest absolute Gasteiger partial charge is 0.484 e. The van der Waals surface area contributed by atoms with Crippen molar-refractivity contribution in [2.75, 3.05) is 6.61 Å². The number of fused-ring (bicyclic) bond motifs is 1. The first-order valence-corrected chi connectivity index (χ1v) is 10.7. The highest BCUT2D eigenvalue weighted by Crippen LogP contribution is 2.31. The number of carboxylic acid groups (broad SMARTS) is 1. The van der Waals surface area contributed by atoms with Gasteiger partial charge in [-0.3, -0.25) is 4.79 Å². The summed E-state index contributed by atoms with van der Waals surface area (Å²) in [5, 5.41) is 14.0. The summed E-state index contributed by atoms with van der Waals surface area (Å²) in [4.78, 5) is 24.5. The van der Waals surface area contributed by atoms with E-state index in [2.05, 4.69) is 11.9 Å². The van der Waals surface area contributed by atoms with Crippen molar-refractivity contribution < 1.29 is 24.2 Å². The minimum absolute atomic E-state index is 0.0975. The van der Waals surface area contributed by atoms with Gasteiger partial charge in [-0.15, -0.1) is 0 Å². The molecule has 0 radical (unpaired) electrons.